The Bertz CT molecular complexity index is 873. The molecule has 4 aliphatic rings. The van der Waals surface area contributed by atoms with E-state index >= 15 is 0 Å². The van der Waals surface area contributed by atoms with Gasteiger partial charge in [0.05, 0.1) is 16.9 Å². The second-order valence-electron chi connectivity index (χ2n) is 8.16. The summed E-state index contributed by atoms with van der Waals surface area (Å²) in [7, 11) is -3.63. The van der Waals surface area contributed by atoms with Gasteiger partial charge in [-0.2, -0.15) is 4.31 Å². The van der Waals surface area contributed by atoms with Gasteiger partial charge >= 0.3 is 0 Å². The standard InChI is InChI=1S/C20H23NO3S/c1-13-5-9-16(10-6-13)25(23,24)21-12-19(22)20-15-8-7-14(11-15)17(20)3-2-4-18(20)21/h5-10,14-15,17-18H,2-4,11-12H2,1H3/t14-,15+,17-,18+,20-/m0/s1. The van der Waals surface area contributed by atoms with Crippen LogP contribution in [0.5, 0.6) is 0 Å². The molecule has 1 heterocycles. The number of hydrogen-bond donors (Lipinski definition) is 0. The summed E-state index contributed by atoms with van der Waals surface area (Å²) < 4.78 is 28.1. The molecule has 3 fully saturated rings. The summed E-state index contributed by atoms with van der Waals surface area (Å²) >= 11 is 0. The lowest BCUT2D eigenvalue weighted by Gasteiger charge is -2.46. The molecule has 0 amide bonds. The Kier molecular flexibility index (Phi) is 3.18. The minimum absolute atomic E-state index is 0.0500. The third kappa shape index (κ3) is 1.86. The topological polar surface area (TPSA) is 54.5 Å². The average molecular weight is 357 g/mol. The van der Waals surface area contributed by atoms with Crippen LogP contribution in [0.3, 0.4) is 0 Å². The Morgan fingerprint density at radius 1 is 1.12 bits per heavy atom. The maximum Gasteiger partial charge on any atom is 0.243 e. The fraction of sp³-hybridized carbons (Fsp3) is 0.550. The van der Waals surface area contributed by atoms with E-state index in [-0.39, 0.29) is 24.3 Å². The highest BCUT2D eigenvalue weighted by atomic mass is 32.2. The minimum atomic E-state index is -3.63. The quantitative estimate of drug-likeness (QED) is 0.765. The molecule has 1 spiro atoms. The van der Waals surface area contributed by atoms with E-state index in [2.05, 4.69) is 12.2 Å². The minimum Gasteiger partial charge on any atom is -0.297 e. The maximum atomic E-state index is 13.3. The van der Waals surface area contributed by atoms with Gasteiger partial charge in [0.15, 0.2) is 5.78 Å². The second kappa shape index (κ2) is 5.04. The van der Waals surface area contributed by atoms with E-state index in [1.807, 2.05) is 19.1 Å². The van der Waals surface area contributed by atoms with Crippen LogP contribution >= 0.6 is 0 Å². The lowest BCUT2D eigenvalue weighted by Crippen LogP contribution is -2.52. The molecular formula is C20H23NO3S. The van der Waals surface area contributed by atoms with Crippen molar-refractivity contribution in [2.24, 2.45) is 23.2 Å². The van der Waals surface area contributed by atoms with E-state index in [1.165, 1.54) is 0 Å². The van der Waals surface area contributed by atoms with E-state index in [1.54, 1.807) is 16.4 Å². The molecule has 0 N–H and O–H groups in total. The van der Waals surface area contributed by atoms with Gasteiger partial charge in [0.25, 0.3) is 0 Å². The summed E-state index contributed by atoms with van der Waals surface area (Å²) in [6, 6.07) is 6.82. The maximum absolute atomic E-state index is 13.3. The van der Waals surface area contributed by atoms with Crippen molar-refractivity contribution < 1.29 is 13.2 Å². The van der Waals surface area contributed by atoms with Gasteiger partial charge in [-0.05, 0) is 56.1 Å². The van der Waals surface area contributed by atoms with Crippen molar-refractivity contribution in [2.75, 3.05) is 6.54 Å². The molecule has 5 heteroatoms. The molecule has 1 aromatic carbocycles. The van der Waals surface area contributed by atoms with Gasteiger partial charge in [-0.15, -0.1) is 0 Å². The van der Waals surface area contributed by atoms with Crippen molar-refractivity contribution in [2.45, 2.75) is 43.5 Å². The first-order chi connectivity index (χ1) is 12.0. The highest BCUT2D eigenvalue weighted by molar-refractivity contribution is 7.89. The first-order valence-corrected chi connectivity index (χ1v) is 10.7. The zero-order valence-electron chi connectivity index (χ0n) is 14.4. The highest BCUT2D eigenvalue weighted by Gasteiger charge is 2.69. The third-order valence-corrected chi connectivity index (χ3v) is 9.03. The van der Waals surface area contributed by atoms with E-state index in [9.17, 15) is 13.2 Å². The lowest BCUT2D eigenvalue weighted by atomic mass is 9.58. The summed E-state index contributed by atoms with van der Waals surface area (Å²) in [6.07, 6.45) is 8.38. The predicted molar refractivity (Wildman–Crippen MR) is 94.4 cm³/mol. The Morgan fingerprint density at radius 2 is 1.88 bits per heavy atom. The number of sulfonamides is 1. The molecule has 1 aliphatic heterocycles. The highest BCUT2D eigenvalue weighted by Crippen LogP contribution is 2.65. The van der Waals surface area contributed by atoms with Crippen LogP contribution < -0.4 is 0 Å². The summed E-state index contributed by atoms with van der Waals surface area (Å²) in [4.78, 5) is 13.5. The number of aryl methyl sites for hydroxylation is 1. The summed E-state index contributed by atoms with van der Waals surface area (Å²) in [5.41, 5.74) is 0.582. The van der Waals surface area contributed by atoms with Crippen molar-refractivity contribution >= 4 is 15.8 Å². The summed E-state index contributed by atoms with van der Waals surface area (Å²) in [5.74, 6) is 1.21. The normalized spacial score (nSPS) is 39.6. The Morgan fingerprint density at radius 3 is 2.64 bits per heavy atom. The van der Waals surface area contributed by atoms with Gasteiger partial charge in [0, 0.05) is 6.04 Å². The van der Waals surface area contributed by atoms with Gasteiger partial charge < -0.3 is 0 Å². The lowest BCUT2D eigenvalue weighted by molar-refractivity contribution is -0.130. The molecule has 0 radical (unpaired) electrons. The van der Waals surface area contributed by atoms with Crippen LogP contribution in [0.25, 0.3) is 0 Å². The number of ketones is 1. The van der Waals surface area contributed by atoms with Gasteiger partial charge in [-0.25, -0.2) is 8.42 Å². The molecule has 1 aromatic rings. The van der Waals surface area contributed by atoms with Crippen LogP contribution in [0.4, 0.5) is 0 Å². The molecule has 132 valence electrons. The van der Waals surface area contributed by atoms with Crippen LogP contribution in [0.1, 0.15) is 31.2 Å². The average Bonchev–Trinajstić information content (AvgIpc) is 3.27. The van der Waals surface area contributed by atoms with Crippen LogP contribution in [0.2, 0.25) is 0 Å². The van der Waals surface area contributed by atoms with Crippen molar-refractivity contribution in [3.63, 3.8) is 0 Å². The van der Waals surface area contributed by atoms with Crippen LogP contribution in [-0.4, -0.2) is 31.1 Å². The first-order valence-electron chi connectivity index (χ1n) is 9.26. The van der Waals surface area contributed by atoms with Crippen molar-refractivity contribution in [1.82, 2.24) is 4.31 Å². The molecule has 2 bridgehead atoms. The van der Waals surface area contributed by atoms with Crippen molar-refractivity contribution in [3.05, 3.63) is 42.0 Å². The van der Waals surface area contributed by atoms with Gasteiger partial charge in [-0.1, -0.05) is 36.3 Å². The summed E-state index contributed by atoms with van der Waals surface area (Å²) in [6.45, 7) is 1.99. The van der Waals surface area contributed by atoms with Gasteiger partial charge in [-0.3, -0.25) is 4.79 Å². The van der Waals surface area contributed by atoms with Crippen LogP contribution in [0, 0.1) is 30.1 Å². The Hall–Kier alpha value is -1.46. The molecule has 3 aliphatic carbocycles. The number of carbonyl (C=O) groups excluding carboxylic acids is 1. The van der Waals surface area contributed by atoms with E-state index in [0.29, 0.717) is 16.7 Å². The SMILES string of the molecule is Cc1ccc(S(=O)(=O)N2CC(=O)[C@@]34[C@@H]5C=C[C@@H](C5)[C@@H]3CCC[C@@H]24)cc1. The molecule has 0 aromatic heterocycles. The van der Waals surface area contributed by atoms with Gasteiger partial charge in [0.2, 0.25) is 10.0 Å². The second-order valence-corrected chi connectivity index (χ2v) is 10.1. The third-order valence-electron chi connectivity index (χ3n) is 7.16. The molecule has 1 saturated heterocycles. The fourth-order valence-electron chi connectivity index (χ4n) is 6.19. The van der Waals surface area contributed by atoms with Crippen molar-refractivity contribution in [3.8, 4) is 0 Å². The van der Waals surface area contributed by atoms with Crippen molar-refractivity contribution in [1.29, 1.82) is 0 Å². The van der Waals surface area contributed by atoms with E-state index < -0.39 is 15.4 Å². The largest absolute Gasteiger partial charge is 0.297 e. The number of allylic oxidation sites excluding steroid dienone is 2. The predicted octanol–water partition coefficient (Wildman–Crippen LogP) is 2.93. The Labute approximate surface area is 149 Å². The molecule has 5 atom stereocenters. The molecule has 5 rings (SSSR count). The monoisotopic (exact) mass is 357 g/mol. The van der Waals surface area contributed by atoms with E-state index in [4.69, 9.17) is 0 Å². The number of benzene rings is 1. The van der Waals surface area contributed by atoms with E-state index in [0.717, 1.165) is 31.2 Å². The van der Waals surface area contributed by atoms with Gasteiger partial charge in [0.1, 0.15) is 0 Å². The molecule has 25 heavy (non-hydrogen) atoms. The zero-order chi connectivity index (χ0) is 17.4. The van der Waals surface area contributed by atoms with Crippen LogP contribution in [-0.2, 0) is 14.8 Å². The molecular weight excluding hydrogens is 334 g/mol. The first kappa shape index (κ1) is 15.8. The fourth-order valence-corrected chi connectivity index (χ4v) is 7.85. The number of hydrogen-bond acceptors (Lipinski definition) is 3. The number of carbonyl (C=O) groups is 1. The number of nitrogens with zero attached hydrogens (tertiary/aromatic N) is 1. The molecule has 0 unspecified atom stereocenters. The zero-order valence-corrected chi connectivity index (χ0v) is 15.2. The number of rotatable bonds is 2. The Balaban J connectivity index is 1.60. The molecule has 4 nitrogen and oxygen atoms in total. The number of fused-ring (bicyclic) bond motifs is 3. The van der Waals surface area contributed by atoms with Crippen LogP contribution in [0.15, 0.2) is 41.3 Å². The summed E-state index contributed by atoms with van der Waals surface area (Å²) in [5, 5.41) is 0. The molecule has 2 saturated carbocycles. The number of Topliss-reactive ketones (excluding diaryl/α,β-unsaturated/α-hetero) is 1. The smallest absolute Gasteiger partial charge is 0.243 e.